The zero-order valence-corrected chi connectivity index (χ0v) is 10.5. The predicted octanol–water partition coefficient (Wildman–Crippen LogP) is 2.88. The lowest BCUT2D eigenvalue weighted by molar-refractivity contribution is 0.102. The molecule has 0 atom stereocenters. The number of halogens is 1. The zero-order valence-electron chi connectivity index (χ0n) is 10.5. The molecule has 0 saturated heterocycles. The number of aliphatic hydroxyl groups excluding tert-OH is 1. The second-order valence-corrected chi connectivity index (χ2v) is 4.27. The molecule has 2 aromatic rings. The lowest BCUT2D eigenvalue weighted by atomic mass is 10.1. The summed E-state index contributed by atoms with van der Waals surface area (Å²) in [6.07, 6.45) is 0. The number of aryl methyl sites for hydroxylation is 1. The Bertz CT molecular complexity index is 594. The topological polar surface area (TPSA) is 49.3 Å². The van der Waals surface area contributed by atoms with E-state index in [1.807, 2.05) is 0 Å². The summed E-state index contributed by atoms with van der Waals surface area (Å²) < 4.78 is 13.1. The van der Waals surface area contributed by atoms with Crippen LogP contribution in [-0.2, 0) is 6.61 Å². The van der Waals surface area contributed by atoms with Gasteiger partial charge in [-0.25, -0.2) is 4.39 Å². The number of nitrogens with one attached hydrogen (secondary N) is 1. The third-order valence-electron chi connectivity index (χ3n) is 2.81. The molecule has 3 nitrogen and oxygen atoms in total. The summed E-state index contributed by atoms with van der Waals surface area (Å²) in [5, 5.41) is 11.6. The molecule has 98 valence electrons. The van der Waals surface area contributed by atoms with Crippen LogP contribution in [0.25, 0.3) is 0 Å². The summed E-state index contributed by atoms with van der Waals surface area (Å²) in [4.78, 5) is 11.9. The van der Waals surface area contributed by atoms with Gasteiger partial charge in [-0.2, -0.15) is 0 Å². The van der Waals surface area contributed by atoms with Gasteiger partial charge in [-0.3, -0.25) is 4.79 Å². The van der Waals surface area contributed by atoms with E-state index in [9.17, 15) is 9.18 Å². The lowest BCUT2D eigenvalue weighted by Crippen LogP contribution is -2.12. The molecule has 2 aromatic carbocycles. The molecule has 0 aromatic heterocycles. The Labute approximate surface area is 110 Å². The highest BCUT2D eigenvalue weighted by molar-refractivity contribution is 6.04. The third-order valence-corrected chi connectivity index (χ3v) is 2.81. The van der Waals surface area contributed by atoms with Crippen molar-refractivity contribution >= 4 is 11.6 Å². The quantitative estimate of drug-likeness (QED) is 0.890. The maximum atomic E-state index is 13.1. The van der Waals surface area contributed by atoms with E-state index < -0.39 is 0 Å². The minimum absolute atomic E-state index is 0.0363. The van der Waals surface area contributed by atoms with E-state index in [4.69, 9.17) is 5.11 Å². The second kappa shape index (κ2) is 5.63. The molecule has 0 aliphatic rings. The van der Waals surface area contributed by atoms with Crippen LogP contribution in [0.1, 0.15) is 21.5 Å². The van der Waals surface area contributed by atoms with Crippen LogP contribution in [0.5, 0.6) is 0 Å². The number of hydrogen-bond donors (Lipinski definition) is 2. The van der Waals surface area contributed by atoms with E-state index in [0.717, 1.165) is 5.56 Å². The fourth-order valence-corrected chi connectivity index (χ4v) is 1.68. The predicted molar refractivity (Wildman–Crippen MR) is 71.5 cm³/mol. The number of rotatable bonds is 3. The van der Waals surface area contributed by atoms with Gasteiger partial charge in [0.25, 0.3) is 5.91 Å². The number of hydrogen-bond acceptors (Lipinski definition) is 2. The fourth-order valence-electron chi connectivity index (χ4n) is 1.68. The Balaban J connectivity index is 2.13. The van der Waals surface area contributed by atoms with Gasteiger partial charge in [0, 0.05) is 11.3 Å². The van der Waals surface area contributed by atoms with Crippen LogP contribution in [-0.4, -0.2) is 11.0 Å². The number of benzene rings is 2. The maximum Gasteiger partial charge on any atom is 0.255 e. The molecular weight excluding hydrogens is 245 g/mol. The average molecular weight is 259 g/mol. The van der Waals surface area contributed by atoms with Crippen molar-refractivity contribution in [2.75, 3.05) is 5.32 Å². The smallest absolute Gasteiger partial charge is 0.255 e. The molecule has 0 unspecified atom stereocenters. The highest BCUT2D eigenvalue weighted by Gasteiger charge is 2.08. The van der Waals surface area contributed by atoms with Crippen LogP contribution < -0.4 is 5.32 Å². The van der Waals surface area contributed by atoms with Gasteiger partial charge in [-0.05, 0) is 48.4 Å². The monoisotopic (exact) mass is 259 g/mol. The zero-order chi connectivity index (χ0) is 13.8. The van der Waals surface area contributed by atoms with Crippen molar-refractivity contribution < 1.29 is 14.3 Å². The van der Waals surface area contributed by atoms with Crippen LogP contribution >= 0.6 is 0 Å². The second-order valence-electron chi connectivity index (χ2n) is 4.27. The summed E-state index contributed by atoms with van der Waals surface area (Å²) in [7, 11) is 0. The van der Waals surface area contributed by atoms with Gasteiger partial charge in [0.1, 0.15) is 5.82 Å². The van der Waals surface area contributed by atoms with Gasteiger partial charge in [-0.15, -0.1) is 0 Å². The van der Waals surface area contributed by atoms with Crippen LogP contribution in [0, 0.1) is 12.7 Å². The molecule has 2 N–H and O–H groups in total. The molecule has 4 heteroatoms. The van der Waals surface area contributed by atoms with Gasteiger partial charge in [0.2, 0.25) is 0 Å². The Morgan fingerprint density at radius 2 is 1.89 bits per heavy atom. The highest BCUT2D eigenvalue weighted by Crippen LogP contribution is 2.13. The molecule has 0 spiro atoms. The van der Waals surface area contributed by atoms with E-state index in [2.05, 4.69) is 5.32 Å². The van der Waals surface area contributed by atoms with Crippen LogP contribution in [0.15, 0.2) is 42.5 Å². The van der Waals surface area contributed by atoms with Gasteiger partial charge < -0.3 is 10.4 Å². The van der Waals surface area contributed by atoms with Gasteiger partial charge in [-0.1, -0.05) is 12.1 Å². The molecule has 0 fully saturated rings. The first-order valence-electron chi connectivity index (χ1n) is 5.87. The highest BCUT2D eigenvalue weighted by atomic mass is 19.1. The normalized spacial score (nSPS) is 10.3. The van der Waals surface area contributed by atoms with Crippen LogP contribution in [0.4, 0.5) is 10.1 Å². The maximum absolute atomic E-state index is 13.1. The average Bonchev–Trinajstić information content (AvgIpc) is 2.42. The number of carbonyl (C=O) groups is 1. The van der Waals surface area contributed by atoms with Crippen molar-refractivity contribution in [2.45, 2.75) is 13.5 Å². The molecule has 2 rings (SSSR count). The fraction of sp³-hybridized carbons (Fsp3) is 0.133. The first-order chi connectivity index (χ1) is 9.10. The largest absolute Gasteiger partial charge is 0.392 e. The molecule has 0 aliphatic carbocycles. The Morgan fingerprint density at radius 1 is 1.21 bits per heavy atom. The molecule has 1 amide bonds. The van der Waals surface area contributed by atoms with Gasteiger partial charge >= 0.3 is 0 Å². The van der Waals surface area contributed by atoms with Crippen molar-refractivity contribution in [3.8, 4) is 0 Å². The minimum Gasteiger partial charge on any atom is -0.392 e. The summed E-state index contributed by atoms with van der Waals surface area (Å²) in [6.45, 7) is 1.58. The lowest BCUT2D eigenvalue weighted by Gasteiger charge is -2.07. The van der Waals surface area contributed by atoms with Crippen molar-refractivity contribution in [3.63, 3.8) is 0 Å². The first kappa shape index (κ1) is 13.2. The molecule has 0 bridgehead atoms. The Hall–Kier alpha value is -2.20. The summed E-state index contributed by atoms with van der Waals surface area (Å²) in [6, 6.07) is 11.1. The van der Waals surface area contributed by atoms with Gasteiger partial charge in [0.05, 0.1) is 6.61 Å². The minimum atomic E-state index is -0.330. The Morgan fingerprint density at radius 3 is 2.47 bits per heavy atom. The number of anilines is 1. The molecule has 0 saturated carbocycles. The molecule has 0 heterocycles. The number of aliphatic hydroxyl groups is 1. The van der Waals surface area contributed by atoms with Crippen molar-refractivity contribution in [1.82, 2.24) is 0 Å². The van der Waals surface area contributed by atoms with Crippen LogP contribution in [0.3, 0.4) is 0 Å². The summed E-state index contributed by atoms with van der Waals surface area (Å²) >= 11 is 0. The van der Waals surface area contributed by atoms with E-state index in [0.29, 0.717) is 16.8 Å². The summed E-state index contributed by atoms with van der Waals surface area (Å²) in [5.41, 5.74) is 2.24. The molecule has 0 aliphatic heterocycles. The third kappa shape index (κ3) is 3.17. The number of amides is 1. The van der Waals surface area contributed by atoms with E-state index >= 15 is 0 Å². The standard InChI is InChI=1S/C15H14FNO2/c1-10-8-12(4-7-14(10)16)15(19)17-13-5-2-11(9-18)3-6-13/h2-8,18H,9H2,1H3,(H,17,19). The summed E-state index contributed by atoms with van der Waals surface area (Å²) in [5.74, 6) is -0.622. The van der Waals surface area contributed by atoms with Crippen molar-refractivity contribution in [3.05, 3.63) is 65.0 Å². The number of carbonyl (C=O) groups excluding carboxylic acids is 1. The molecule has 0 radical (unpaired) electrons. The van der Waals surface area contributed by atoms with E-state index in [-0.39, 0.29) is 18.3 Å². The van der Waals surface area contributed by atoms with E-state index in [1.165, 1.54) is 18.2 Å². The van der Waals surface area contributed by atoms with E-state index in [1.54, 1.807) is 31.2 Å². The molecule has 19 heavy (non-hydrogen) atoms. The van der Waals surface area contributed by atoms with Crippen LogP contribution in [0.2, 0.25) is 0 Å². The van der Waals surface area contributed by atoms with Gasteiger partial charge in [0.15, 0.2) is 0 Å². The first-order valence-corrected chi connectivity index (χ1v) is 5.87. The Kier molecular flexibility index (Phi) is 3.92. The van der Waals surface area contributed by atoms with Crippen molar-refractivity contribution in [2.24, 2.45) is 0 Å². The molecular formula is C15H14FNO2. The SMILES string of the molecule is Cc1cc(C(=O)Nc2ccc(CO)cc2)ccc1F. The van der Waals surface area contributed by atoms with Crippen molar-refractivity contribution in [1.29, 1.82) is 0 Å².